The second kappa shape index (κ2) is 11.9. The molecular formula is C46H37N3. The predicted molar refractivity (Wildman–Crippen MR) is 208 cm³/mol. The maximum Gasteiger partial charge on any atom is 0.0542 e. The summed E-state index contributed by atoms with van der Waals surface area (Å²) < 4.78 is 4.82. The number of nitrogens with zero attached hydrogens (tertiary/aromatic N) is 3. The molecule has 1 atom stereocenters. The summed E-state index contributed by atoms with van der Waals surface area (Å²) in [6.45, 7) is 5.46. The van der Waals surface area contributed by atoms with Gasteiger partial charge in [0.25, 0.3) is 0 Å². The third-order valence-electron chi connectivity index (χ3n) is 10.2. The van der Waals surface area contributed by atoms with Crippen LogP contribution in [-0.4, -0.2) is 9.13 Å². The minimum absolute atomic E-state index is 0.279. The first kappa shape index (κ1) is 29.1. The van der Waals surface area contributed by atoms with Crippen LogP contribution in [0.3, 0.4) is 0 Å². The van der Waals surface area contributed by atoms with Gasteiger partial charge in [0, 0.05) is 67.8 Å². The molecule has 0 saturated carbocycles. The van der Waals surface area contributed by atoms with Crippen LogP contribution in [0.4, 0.5) is 17.1 Å². The highest BCUT2D eigenvalue weighted by molar-refractivity contribution is 6.12. The first-order valence-corrected chi connectivity index (χ1v) is 17.2. The van der Waals surface area contributed by atoms with E-state index in [1.54, 1.807) is 0 Å². The number of anilines is 3. The number of hydrogen-bond acceptors (Lipinski definition) is 1. The van der Waals surface area contributed by atoms with Gasteiger partial charge >= 0.3 is 0 Å². The van der Waals surface area contributed by atoms with Crippen molar-refractivity contribution < 1.29 is 0 Å². The summed E-state index contributed by atoms with van der Waals surface area (Å²) in [4.78, 5) is 2.40. The summed E-state index contributed by atoms with van der Waals surface area (Å²) in [6, 6.07) is 62.0. The normalized spacial score (nSPS) is 12.3. The van der Waals surface area contributed by atoms with Crippen LogP contribution in [0.5, 0.6) is 0 Å². The molecule has 0 bridgehead atoms. The molecule has 0 fully saturated rings. The molecule has 2 heterocycles. The second-order valence-electron chi connectivity index (χ2n) is 12.9. The van der Waals surface area contributed by atoms with Gasteiger partial charge in [-0.3, -0.25) is 0 Å². The lowest BCUT2D eigenvalue weighted by Crippen LogP contribution is -2.09. The van der Waals surface area contributed by atoms with Gasteiger partial charge in [-0.25, -0.2) is 0 Å². The summed E-state index contributed by atoms with van der Waals surface area (Å²) in [5.74, 6) is 0.279. The summed E-state index contributed by atoms with van der Waals surface area (Å²) in [5, 5.41) is 5.06. The van der Waals surface area contributed by atoms with Crippen molar-refractivity contribution in [1.29, 1.82) is 0 Å². The van der Waals surface area contributed by atoms with E-state index < -0.39 is 0 Å². The van der Waals surface area contributed by atoms with Crippen LogP contribution in [-0.2, 0) is 6.54 Å². The van der Waals surface area contributed by atoms with Gasteiger partial charge in [0.05, 0.1) is 11.0 Å². The van der Waals surface area contributed by atoms with Gasteiger partial charge in [0.2, 0.25) is 0 Å². The molecule has 0 aliphatic carbocycles. The predicted octanol–water partition coefficient (Wildman–Crippen LogP) is 12.5. The third-order valence-corrected chi connectivity index (χ3v) is 10.2. The zero-order valence-corrected chi connectivity index (χ0v) is 27.8. The highest BCUT2D eigenvalue weighted by atomic mass is 15.1. The number of benzene rings is 7. The summed E-state index contributed by atoms with van der Waals surface area (Å²) in [5.41, 5.74) is 12.2. The van der Waals surface area contributed by atoms with E-state index in [1.165, 1.54) is 54.7 Å². The molecule has 236 valence electrons. The molecule has 0 saturated heterocycles. The first-order chi connectivity index (χ1) is 24.2. The van der Waals surface area contributed by atoms with Crippen LogP contribution in [0.2, 0.25) is 0 Å². The van der Waals surface area contributed by atoms with Crippen LogP contribution in [0, 0.1) is 0 Å². The van der Waals surface area contributed by atoms with Crippen molar-refractivity contribution in [3.8, 4) is 5.69 Å². The van der Waals surface area contributed by atoms with Crippen molar-refractivity contribution in [3.63, 3.8) is 0 Å². The molecule has 0 amide bonds. The van der Waals surface area contributed by atoms with E-state index in [4.69, 9.17) is 0 Å². The average Bonchev–Trinajstić information content (AvgIpc) is 3.67. The van der Waals surface area contributed by atoms with E-state index in [-0.39, 0.29) is 5.92 Å². The Bertz CT molecular complexity index is 2600. The lowest BCUT2D eigenvalue weighted by molar-refractivity contribution is 0.827. The molecule has 9 rings (SSSR count). The largest absolute Gasteiger partial charge is 0.341 e. The van der Waals surface area contributed by atoms with E-state index in [1.807, 2.05) is 0 Å². The Morgan fingerprint density at radius 1 is 0.449 bits per heavy atom. The molecule has 0 N–H and O–H groups in total. The topological polar surface area (TPSA) is 13.1 Å². The lowest BCUT2D eigenvalue weighted by Gasteiger charge is -2.26. The standard InChI is InChI=1S/C46H37N3/c1-3-47-43-22-14-13-21-39(43)41-30-37(24-27-44(41)47)48(35-17-9-5-10-18-35)38-25-28-46-42(31-38)40-29-34(32(2)33-15-7-4-8-16-33)23-26-45(40)49(46)36-19-11-6-12-20-36/h4-32H,3H2,1-2H3. The van der Waals surface area contributed by atoms with Crippen molar-refractivity contribution >= 4 is 60.7 Å². The van der Waals surface area contributed by atoms with Crippen LogP contribution < -0.4 is 4.90 Å². The van der Waals surface area contributed by atoms with Gasteiger partial charge in [0.1, 0.15) is 0 Å². The van der Waals surface area contributed by atoms with E-state index in [0.717, 1.165) is 29.3 Å². The van der Waals surface area contributed by atoms with Gasteiger partial charge in [-0.1, -0.05) is 97.9 Å². The second-order valence-corrected chi connectivity index (χ2v) is 12.9. The molecule has 0 spiro atoms. The highest BCUT2D eigenvalue weighted by Crippen LogP contribution is 2.42. The van der Waals surface area contributed by atoms with E-state index in [0.29, 0.717) is 0 Å². The Morgan fingerprint density at radius 2 is 0.980 bits per heavy atom. The van der Waals surface area contributed by atoms with E-state index >= 15 is 0 Å². The Hall–Kier alpha value is -6.06. The quantitative estimate of drug-likeness (QED) is 0.171. The van der Waals surface area contributed by atoms with Crippen molar-refractivity contribution in [2.24, 2.45) is 0 Å². The maximum atomic E-state index is 2.42. The molecular weight excluding hydrogens is 595 g/mol. The van der Waals surface area contributed by atoms with Crippen molar-refractivity contribution in [1.82, 2.24) is 9.13 Å². The van der Waals surface area contributed by atoms with Gasteiger partial charge in [0.15, 0.2) is 0 Å². The molecule has 7 aromatic carbocycles. The molecule has 3 heteroatoms. The smallest absolute Gasteiger partial charge is 0.0542 e. The van der Waals surface area contributed by atoms with Crippen LogP contribution in [0.1, 0.15) is 30.9 Å². The number of fused-ring (bicyclic) bond motifs is 6. The van der Waals surface area contributed by atoms with Gasteiger partial charge in [-0.05, 0) is 96.9 Å². The lowest BCUT2D eigenvalue weighted by atomic mass is 9.92. The SMILES string of the molecule is CCn1c2ccccc2c2cc(N(c3ccccc3)c3ccc4c(c3)c3cc(C(C)c5ccccc5)ccc3n4-c3ccccc3)ccc21. The fraction of sp³-hybridized carbons (Fsp3) is 0.0870. The fourth-order valence-corrected chi connectivity index (χ4v) is 7.77. The van der Waals surface area contributed by atoms with Crippen LogP contribution >= 0.6 is 0 Å². The molecule has 49 heavy (non-hydrogen) atoms. The molecule has 0 aliphatic rings. The first-order valence-electron chi connectivity index (χ1n) is 17.2. The minimum atomic E-state index is 0.279. The average molecular weight is 632 g/mol. The Balaban J connectivity index is 1.28. The molecule has 2 aromatic heterocycles. The number of hydrogen-bond donors (Lipinski definition) is 0. The van der Waals surface area contributed by atoms with Crippen molar-refractivity contribution in [3.05, 3.63) is 181 Å². The highest BCUT2D eigenvalue weighted by Gasteiger charge is 2.20. The van der Waals surface area contributed by atoms with Gasteiger partial charge < -0.3 is 14.0 Å². The Morgan fingerprint density at radius 3 is 1.67 bits per heavy atom. The van der Waals surface area contributed by atoms with Crippen LogP contribution in [0.15, 0.2) is 170 Å². The fourth-order valence-electron chi connectivity index (χ4n) is 7.77. The monoisotopic (exact) mass is 631 g/mol. The van der Waals surface area contributed by atoms with Crippen LogP contribution in [0.25, 0.3) is 49.3 Å². The number of rotatable bonds is 7. The Labute approximate surface area is 286 Å². The zero-order chi connectivity index (χ0) is 32.9. The Kier molecular flexibility index (Phi) is 7.05. The summed E-state index contributed by atoms with van der Waals surface area (Å²) >= 11 is 0. The molecule has 1 unspecified atom stereocenters. The van der Waals surface area contributed by atoms with E-state index in [2.05, 4.69) is 198 Å². The minimum Gasteiger partial charge on any atom is -0.341 e. The molecule has 0 radical (unpaired) electrons. The summed E-state index contributed by atoms with van der Waals surface area (Å²) in [7, 11) is 0. The van der Waals surface area contributed by atoms with E-state index in [9.17, 15) is 0 Å². The number of aromatic nitrogens is 2. The van der Waals surface area contributed by atoms with Crippen molar-refractivity contribution in [2.75, 3.05) is 4.90 Å². The van der Waals surface area contributed by atoms with Gasteiger partial charge in [-0.15, -0.1) is 0 Å². The number of para-hydroxylation sites is 3. The molecule has 9 aromatic rings. The molecule has 3 nitrogen and oxygen atoms in total. The summed E-state index contributed by atoms with van der Waals surface area (Å²) in [6.07, 6.45) is 0. The van der Waals surface area contributed by atoms with Gasteiger partial charge in [-0.2, -0.15) is 0 Å². The number of aryl methyl sites for hydroxylation is 1. The zero-order valence-electron chi connectivity index (χ0n) is 27.8. The molecule has 0 aliphatic heterocycles. The third kappa shape index (κ3) is 4.81. The maximum absolute atomic E-state index is 2.42. The van der Waals surface area contributed by atoms with Crippen molar-refractivity contribution in [2.45, 2.75) is 26.3 Å².